The number of likely N-dealkylation sites (N-methyl/N-ethyl adjacent to an activating group) is 1. The zero-order valence-electron chi connectivity index (χ0n) is 31.5. The van der Waals surface area contributed by atoms with Crippen LogP contribution in [0.1, 0.15) is 83.8 Å². The second kappa shape index (κ2) is 15.3. The van der Waals surface area contributed by atoms with E-state index in [1.807, 2.05) is 28.9 Å². The highest BCUT2D eigenvalue weighted by atomic mass is 19.4. The molecule has 0 radical (unpaired) electrons. The van der Waals surface area contributed by atoms with E-state index in [0.717, 1.165) is 56.4 Å². The highest BCUT2D eigenvalue weighted by Crippen LogP contribution is 2.45. The number of imide groups is 1. The number of ether oxygens (including phenoxy) is 1. The van der Waals surface area contributed by atoms with E-state index in [2.05, 4.69) is 44.5 Å². The second-order valence-electron chi connectivity index (χ2n) is 15.8. The van der Waals surface area contributed by atoms with Crippen LogP contribution in [-0.4, -0.2) is 96.0 Å². The number of aromatic nitrogens is 2. The van der Waals surface area contributed by atoms with Gasteiger partial charge in [-0.3, -0.25) is 24.5 Å². The predicted molar refractivity (Wildman–Crippen MR) is 200 cm³/mol. The normalized spacial score (nSPS) is 23.4. The zero-order valence-corrected chi connectivity index (χ0v) is 31.5. The number of nitrogens with one attached hydrogen (secondary N) is 2. The maximum absolute atomic E-state index is 13.6. The standard InChI is InChI=1S/C40H48F3N7O5/c1-25-32(22-44-48(3)37(25)53)45-30-20-29(23-47(2)24-30)26-4-6-27(7-5-26)38(54)50-18-14-39(15-19-50)12-16-49(17-13-39)33-10-8-28(21-34(33)55-40(41,42)43)31-9-11-35(51)46-36(31)52/h4-8,10,21-22,29-31,45H,9,11-20,23-24H2,1-3H3,(H,46,51,52). The number of alkyl halides is 3. The van der Waals surface area contributed by atoms with Crippen LogP contribution < -0.4 is 25.8 Å². The molecule has 3 unspecified atom stereocenters. The zero-order chi connectivity index (χ0) is 39.1. The van der Waals surface area contributed by atoms with Gasteiger partial charge < -0.3 is 24.8 Å². The van der Waals surface area contributed by atoms with Gasteiger partial charge in [-0.1, -0.05) is 18.2 Å². The van der Waals surface area contributed by atoms with Crippen molar-refractivity contribution in [3.8, 4) is 5.75 Å². The van der Waals surface area contributed by atoms with Gasteiger partial charge in [0.25, 0.3) is 11.5 Å². The molecule has 4 saturated heterocycles. The number of benzene rings is 2. The Balaban J connectivity index is 0.942. The number of hydrogen-bond donors (Lipinski definition) is 2. The molecule has 7 rings (SSSR count). The quantitative estimate of drug-likeness (QED) is 0.322. The molecular formula is C40H48F3N7O5. The highest BCUT2D eigenvalue weighted by molar-refractivity contribution is 6.01. The van der Waals surface area contributed by atoms with Crippen molar-refractivity contribution in [2.24, 2.45) is 12.5 Å². The summed E-state index contributed by atoms with van der Waals surface area (Å²) in [7, 11) is 3.73. The van der Waals surface area contributed by atoms with E-state index in [9.17, 15) is 32.3 Å². The molecule has 1 aromatic heterocycles. The van der Waals surface area contributed by atoms with Crippen LogP contribution in [0.4, 0.5) is 24.5 Å². The van der Waals surface area contributed by atoms with Gasteiger partial charge >= 0.3 is 6.36 Å². The van der Waals surface area contributed by atoms with E-state index in [0.29, 0.717) is 48.6 Å². The number of carbonyl (C=O) groups excluding carboxylic acids is 3. The second-order valence-corrected chi connectivity index (χ2v) is 15.8. The summed E-state index contributed by atoms with van der Waals surface area (Å²) in [5, 5.41) is 9.97. The van der Waals surface area contributed by atoms with Gasteiger partial charge in [-0.05, 0) is 99.2 Å². The molecule has 0 bridgehead atoms. The highest BCUT2D eigenvalue weighted by Gasteiger charge is 2.41. The van der Waals surface area contributed by atoms with Crippen LogP contribution >= 0.6 is 0 Å². The lowest BCUT2D eigenvalue weighted by Crippen LogP contribution is -2.48. The molecule has 3 amide bonds. The summed E-state index contributed by atoms with van der Waals surface area (Å²) in [4.78, 5) is 56.2. The largest absolute Gasteiger partial charge is 0.573 e. The molecule has 1 spiro atoms. The average Bonchev–Trinajstić information content (AvgIpc) is 3.15. The van der Waals surface area contributed by atoms with Gasteiger partial charge in [0.15, 0.2) is 5.75 Å². The van der Waals surface area contributed by atoms with E-state index in [-0.39, 0.29) is 47.4 Å². The maximum atomic E-state index is 13.6. The molecule has 3 aromatic rings. The number of rotatable bonds is 7. The van der Waals surface area contributed by atoms with E-state index in [1.165, 1.54) is 10.7 Å². The van der Waals surface area contributed by atoms with Crippen molar-refractivity contribution in [1.82, 2.24) is 24.9 Å². The van der Waals surface area contributed by atoms with Gasteiger partial charge in [0.05, 0.1) is 23.5 Å². The first-order valence-electron chi connectivity index (χ1n) is 19.0. The average molecular weight is 764 g/mol. The molecular weight excluding hydrogens is 715 g/mol. The van der Waals surface area contributed by atoms with Gasteiger partial charge in [-0.2, -0.15) is 5.10 Å². The summed E-state index contributed by atoms with van der Waals surface area (Å²) in [6.45, 7) is 5.83. The van der Waals surface area contributed by atoms with E-state index < -0.39 is 24.1 Å². The summed E-state index contributed by atoms with van der Waals surface area (Å²) >= 11 is 0. The van der Waals surface area contributed by atoms with Crippen molar-refractivity contribution in [3.63, 3.8) is 0 Å². The number of halogens is 3. The molecule has 2 aromatic carbocycles. The van der Waals surface area contributed by atoms with Gasteiger partial charge in [0.1, 0.15) is 0 Å². The summed E-state index contributed by atoms with van der Waals surface area (Å²) < 4.78 is 46.4. The minimum absolute atomic E-state index is 0.00202. The summed E-state index contributed by atoms with van der Waals surface area (Å²) in [5.41, 5.74) is 3.77. The molecule has 15 heteroatoms. The third-order valence-electron chi connectivity index (χ3n) is 12.1. The number of likely N-dealkylation sites (tertiary alicyclic amines) is 2. The molecule has 4 fully saturated rings. The van der Waals surface area contributed by atoms with Gasteiger partial charge in [-0.25, -0.2) is 4.68 Å². The molecule has 0 aliphatic carbocycles. The number of hydrogen-bond acceptors (Lipinski definition) is 9. The summed E-state index contributed by atoms with van der Waals surface area (Å²) in [6.07, 6.45) is 1.18. The fraction of sp³-hybridized carbons (Fsp3) is 0.525. The first-order valence-corrected chi connectivity index (χ1v) is 19.0. The molecule has 0 saturated carbocycles. The lowest BCUT2D eigenvalue weighted by molar-refractivity contribution is -0.274. The van der Waals surface area contributed by atoms with Crippen molar-refractivity contribution in [2.75, 3.05) is 56.5 Å². The topological polar surface area (TPSA) is 129 Å². The minimum atomic E-state index is -4.91. The van der Waals surface area contributed by atoms with Crippen molar-refractivity contribution in [3.05, 3.63) is 81.3 Å². The lowest BCUT2D eigenvalue weighted by atomic mass is 9.71. The molecule has 4 aliphatic heterocycles. The molecule has 3 atom stereocenters. The fourth-order valence-electron chi connectivity index (χ4n) is 8.90. The van der Waals surface area contributed by atoms with Crippen molar-refractivity contribution < 1.29 is 32.3 Å². The maximum Gasteiger partial charge on any atom is 0.573 e. The Hall–Kier alpha value is -4.92. The number of carbonyl (C=O) groups is 3. The Morgan fingerprint density at radius 3 is 2.29 bits per heavy atom. The molecule has 2 N–H and O–H groups in total. The van der Waals surface area contributed by atoms with Crippen molar-refractivity contribution >= 4 is 29.1 Å². The first-order chi connectivity index (χ1) is 26.2. The minimum Gasteiger partial charge on any atom is -0.404 e. The third-order valence-corrected chi connectivity index (χ3v) is 12.1. The van der Waals surface area contributed by atoms with Gasteiger partial charge in [-0.15, -0.1) is 13.2 Å². The Morgan fingerprint density at radius 2 is 1.62 bits per heavy atom. The van der Waals surface area contributed by atoms with Crippen LogP contribution in [0, 0.1) is 12.3 Å². The Morgan fingerprint density at radius 1 is 0.945 bits per heavy atom. The Labute approximate surface area is 318 Å². The fourth-order valence-corrected chi connectivity index (χ4v) is 8.90. The van der Waals surface area contributed by atoms with Crippen molar-refractivity contribution in [1.29, 1.82) is 0 Å². The van der Waals surface area contributed by atoms with Gasteiger partial charge in [0, 0.05) is 69.9 Å². The SMILES string of the molecule is Cc1c(NC2CC(c3ccc(C(=O)N4CCC5(CC4)CCN(c4ccc(C6CCC(=O)NC6=O)cc4OC(F)(F)F)CC5)cc3)CN(C)C2)cnn(C)c1=O. The molecule has 12 nitrogen and oxygen atoms in total. The van der Waals surface area contributed by atoms with Crippen LogP contribution in [0.2, 0.25) is 0 Å². The summed E-state index contributed by atoms with van der Waals surface area (Å²) in [6, 6.07) is 12.6. The number of anilines is 2. The first kappa shape index (κ1) is 38.4. The Kier molecular flexibility index (Phi) is 10.7. The lowest BCUT2D eigenvalue weighted by Gasteiger charge is -2.47. The number of amides is 3. The van der Waals surface area contributed by atoms with E-state index in [1.54, 1.807) is 25.4 Å². The number of aryl methyl sites for hydroxylation is 1. The smallest absolute Gasteiger partial charge is 0.404 e. The van der Waals surface area contributed by atoms with Crippen molar-refractivity contribution in [2.45, 2.75) is 76.1 Å². The van der Waals surface area contributed by atoms with E-state index in [4.69, 9.17) is 0 Å². The monoisotopic (exact) mass is 763 g/mol. The van der Waals surface area contributed by atoms with Crippen LogP contribution in [0.25, 0.3) is 0 Å². The summed E-state index contributed by atoms with van der Waals surface area (Å²) in [5.74, 6) is -1.74. The van der Waals surface area contributed by atoms with Crippen LogP contribution in [-0.2, 0) is 16.6 Å². The third kappa shape index (κ3) is 8.51. The molecule has 4 aliphatic rings. The Bertz CT molecular complexity index is 1980. The molecule has 5 heterocycles. The van der Waals surface area contributed by atoms with Crippen LogP contribution in [0.15, 0.2) is 53.5 Å². The molecule has 55 heavy (non-hydrogen) atoms. The van der Waals surface area contributed by atoms with Crippen LogP contribution in [0.3, 0.4) is 0 Å². The number of piperidine rings is 4. The predicted octanol–water partition coefficient (Wildman–Crippen LogP) is 4.93. The number of nitrogens with zero attached hydrogens (tertiary/aromatic N) is 5. The van der Waals surface area contributed by atoms with E-state index >= 15 is 0 Å². The molecule has 294 valence electrons. The van der Waals surface area contributed by atoms with Gasteiger partial charge in [0.2, 0.25) is 11.8 Å². The van der Waals surface area contributed by atoms with Crippen LogP contribution in [0.5, 0.6) is 5.75 Å².